The van der Waals surface area contributed by atoms with Crippen LogP contribution in [0.4, 0.5) is 0 Å². The summed E-state index contributed by atoms with van der Waals surface area (Å²) in [6.07, 6.45) is 1.75. The molecule has 4 heteroatoms. The molecule has 0 saturated carbocycles. The van der Waals surface area contributed by atoms with E-state index in [0.29, 0.717) is 0 Å². The normalized spacial score (nSPS) is 15.2. The Bertz CT molecular complexity index is 184. The summed E-state index contributed by atoms with van der Waals surface area (Å²) in [5.41, 5.74) is -0.607. The largest absolute Gasteiger partial charge is 0.240 e. The van der Waals surface area contributed by atoms with Gasteiger partial charge in [-0.25, -0.2) is 19.6 Å². The zero-order valence-corrected chi connectivity index (χ0v) is 11.6. The highest BCUT2D eigenvalue weighted by Gasteiger charge is 2.24. The lowest BCUT2D eigenvalue weighted by Crippen LogP contribution is -2.31. The fraction of sp³-hybridized carbons (Fsp3) is 1.00. The van der Waals surface area contributed by atoms with Gasteiger partial charge in [0.1, 0.15) is 0 Å². The predicted octanol–water partition coefficient (Wildman–Crippen LogP) is 3.26. The summed E-state index contributed by atoms with van der Waals surface area (Å²) in [6.45, 7) is 11.8. The Hall–Kier alpha value is -0.160. The highest BCUT2D eigenvalue weighted by molar-refractivity contribution is 4.69. The van der Waals surface area contributed by atoms with Crippen molar-refractivity contribution in [1.82, 2.24) is 0 Å². The van der Waals surface area contributed by atoms with E-state index in [2.05, 4.69) is 4.89 Å². The molecule has 98 valence electrons. The number of hydrogen-bond donors (Lipinski definition) is 0. The summed E-state index contributed by atoms with van der Waals surface area (Å²) in [5.74, 6) is 0. The van der Waals surface area contributed by atoms with Crippen molar-refractivity contribution in [2.75, 3.05) is 7.11 Å². The third kappa shape index (κ3) is 9.09. The molecule has 0 spiro atoms. The van der Waals surface area contributed by atoms with Crippen molar-refractivity contribution in [3.8, 4) is 0 Å². The lowest BCUT2D eigenvalue weighted by molar-refractivity contribution is -0.399. The second kappa shape index (κ2) is 6.55. The maximum absolute atomic E-state index is 5.43. The molecule has 0 bridgehead atoms. The van der Waals surface area contributed by atoms with Crippen molar-refractivity contribution < 1.29 is 19.6 Å². The van der Waals surface area contributed by atoms with Crippen molar-refractivity contribution in [3.05, 3.63) is 0 Å². The molecule has 0 aliphatic rings. The Kier molecular flexibility index (Phi) is 6.48. The molecule has 0 rings (SSSR count). The molecular formula is C12H26O4. The van der Waals surface area contributed by atoms with E-state index in [9.17, 15) is 0 Å². The molecule has 1 atom stereocenters. The van der Waals surface area contributed by atoms with E-state index in [1.54, 1.807) is 0 Å². The summed E-state index contributed by atoms with van der Waals surface area (Å²) < 4.78 is 0. The van der Waals surface area contributed by atoms with Gasteiger partial charge in [0.15, 0.2) is 0 Å². The highest BCUT2D eigenvalue weighted by Crippen LogP contribution is 2.22. The van der Waals surface area contributed by atoms with Crippen molar-refractivity contribution >= 4 is 0 Å². The average Bonchev–Trinajstić information content (AvgIpc) is 2.12. The van der Waals surface area contributed by atoms with Gasteiger partial charge in [0, 0.05) is 0 Å². The minimum atomic E-state index is -0.321. The van der Waals surface area contributed by atoms with Gasteiger partial charge in [0.25, 0.3) is 0 Å². The van der Waals surface area contributed by atoms with Gasteiger partial charge in [-0.3, -0.25) is 0 Å². The molecule has 0 amide bonds. The fourth-order valence-electron chi connectivity index (χ4n) is 1.04. The van der Waals surface area contributed by atoms with Gasteiger partial charge in [-0.1, -0.05) is 0 Å². The molecule has 0 heterocycles. The third-order valence-corrected chi connectivity index (χ3v) is 1.93. The Labute approximate surface area is 99.1 Å². The van der Waals surface area contributed by atoms with E-state index in [0.717, 1.165) is 12.8 Å². The van der Waals surface area contributed by atoms with E-state index in [4.69, 9.17) is 14.7 Å². The van der Waals surface area contributed by atoms with Gasteiger partial charge >= 0.3 is 0 Å². The zero-order chi connectivity index (χ0) is 12.8. The van der Waals surface area contributed by atoms with Crippen LogP contribution in [0, 0.1) is 0 Å². The quantitative estimate of drug-likeness (QED) is 0.500. The molecule has 0 aromatic carbocycles. The molecule has 0 fully saturated rings. The van der Waals surface area contributed by atoms with Crippen LogP contribution in [-0.4, -0.2) is 24.4 Å². The molecule has 0 saturated heterocycles. The van der Waals surface area contributed by atoms with Gasteiger partial charge in [-0.05, 0) is 54.4 Å². The van der Waals surface area contributed by atoms with Crippen LogP contribution in [0.1, 0.15) is 54.4 Å². The monoisotopic (exact) mass is 234 g/mol. The fourth-order valence-corrected chi connectivity index (χ4v) is 1.04. The molecule has 0 aromatic rings. The van der Waals surface area contributed by atoms with Crippen LogP contribution < -0.4 is 0 Å². The van der Waals surface area contributed by atoms with Crippen LogP contribution in [-0.2, 0) is 19.6 Å². The second-order valence-corrected chi connectivity index (χ2v) is 5.65. The Morgan fingerprint density at radius 1 is 1.00 bits per heavy atom. The summed E-state index contributed by atoms with van der Waals surface area (Å²) in [7, 11) is 1.51. The molecule has 0 N–H and O–H groups in total. The van der Waals surface area contributed by atoms with Crippen LogP contribution in [0.5, 0.6) is 0 Å². The first-order chi connectivity index (χ1) is 7.16. The first-order valence-electron chi connectivity index (χ1n) is 5.72. The molecule has 1 unspecified atom stereocenters. The summed E-state index contributed by atoms with van der Waals surface area (Å²) in [5, 5.41) is 0. The van der Waals surface area contributed by atoms with Crippen LogP contribution in [0.25, 0.3) is 0 Å². The Morgan fingerprint density at radius 3 is 2.00 bits per heavy atom. The molecule has 0 aromatic heterocycles. The molecular weight excluding hydrogens is 208 g/mol. The van der Waals surface area contributed by atoms with Gasteiger partial charge in [-0.15, -0.1) is 0 Å². The first-order valence-corrected chi connectivity index (χ1v) is 5.72. The molecule has 0 aliphatic heterocycles. The maximum Gasteiger partial charge on any atom is 0.0981 e. The van der Waals surface area contributed by atoms with E-state index in [1.165, 1.54) is 7.11 Å². The number of hydrogen-bond acceptors (Lipinski definition) is 4. The molecule has 16 heavy (non-hydrogen) atoms. The van der Waals surface area contributed by atoms with Gasteiger partial charge < -0.3 is 0 Å². The van der Waals surface area contributed by atoms with Crippen molar-refractivity contribution in [3.63, 3.8) is 0 Å². The molecule has 4 nitrogen and oxygen atoms in total. The minimum Gasteiger partial charge on any atom is -0.240 e. The standard InChI is InChI=1S/C12H26O4/c1-10(14-13-7)8-9-12(5,6)16-15-11(2,3)4/h10H,8-9H2,1-7H3. The summed E-state index contributed by atoms with van der Waals surface area (Å²) in [6, 6.07) is 0. The lowest BCUT2D eigenvalue weighted by Gasteiger charge is -2.29. The predicted molar refractivity (Wildman–Crippen MR) is 62.8 cm³/mol. The minimum absolute atomic E-state index is 0.0579. The zero-order valence-electron chi connectivity index (χ0n) is 11.6. The maximum atomic E-state index is 5.43. The van der Waals surface area contributed by atoms with Crippen molar-refractivity contribution in [1.29, 1.82) is 0 Å². The van der Waals surface area contributed by atoms with E-state index in [1.807, 2.05) is 41.5 Å². The SMILES string of the molecule is COOC(C)CCC(C)(C)OOC(C)(C)C. The topological polar surface area (TPSA) is 36.9 Å². The van der Waals surface area contributed by atoms with Crippen molar-refractivity contribution in [2.45, 2.75) is 71.7 Å². The summed E-state index contributed by atoms with van der Waals surface area (Å²) in [4.78, 5) is 20.3. The smallest absolute Gasteiger partial charge is 0.0981 e. The Morgan fingerprint density at radius 2 is 1.56 bits per heavy atom. The van der Waals surface area contributed by atoms with E-state index >= 15 is 0 Å². The van der Waals surface area contributed by atoms with Gasteiger partial charge in [0.05, 0.1) is 24.4 Å². The van der Waals surface area contributed by atoms with Crippen LogP contribution in [0.3, 0.4) is 0 Å². The average molecular weight is 234 g/mol. The first kappa shape index (κ1) is 15.8. The van der Waals surface area contributed by atoms with Gasteiger partial charge in [-0.2, -0.15) is 0 Å². The van der Waals surface area contributed by atoms with Crippen LogP contribution >= 0.6 is 0 Å². The third-order valence-electron chi connectivity index (χ3n) is 1.93. The molecule has 0 aliphatic carbocycles. The van der Waals surface area contributed by atoms with Crippen molar-refractivity contribution in [2.24, 2.45) is 0 Å². The van der Waals surface area contributed by atoms with E-state index < -0.39 is 0 Å². The lowest BCUT2D eigenvalue weighted by atomic mass is 10.0. The highest BCUT2D eigenvalue weighted by atomic mass is 17.2. The number of rotatable bonds is 7. The summed E-state index contributed by atoms with van der Waals surface area (Å²) >= 11 is 0. The van der Waals surface area contributed by atoms with E-state index in [-0.39, 0.29) is 17.3 Å². The second-order valence-electron chi connectivity index (χ2n) is 5.65. The molecule has 0 radical (unpaired) electrons. The van der Waals surface area contributed by atoms with Crippen LogP contribution in [0.2, 0.25) is 0 Å². The van der Waals surface area contributed by atoms with Gasteiger partial charge in [0.2, 0.25) is 0 Å². The van der Waals surface area contributed by atoms with Crippen LogP contribution in [0.15, 0.2) is 0 Å². The Balaban J connectivity index is 3.86.